The molecular formula is C20H33BO4. The summed E-state index contributed by atoms with van der Waals surface area (Å²) >= 11 is 0. The summed E-state index contributed by atoms with van der Waals surface area (Å²) in [6.45, 7) is 11.7. The monoisotopic (exact) mass is 348 g/mol. The lowest BCUT2D eigenvalue weighted by Gasteiger charge is -2.37. The number of rotatable bonds is 10. The summed E-state index contributed by atoms with van der Waals surface area (Å²) in [7, 11) is 0.464. The second-order valence-corrected chi connectivity index (χ2v) is 7.42. The van der Waals surface area contributed by atoms with Gasteiger partial charge >= 0.3 is 13.5 Å². The predicted molar refractivity (Wildman–Crippen MR) is 104 cm³/mol. The summed E-state index contributed by atoms with van der Waals surface area (Å²) in [5, 5.41) is 10.2. The average molecular weight is 348 g/mol. The molecule has 0 radical (unpaired) electrons. The molecule has 0 amide bonds. The van der Waals surface area contributed by atoms with Crippen molar-refractivity contribution in [3.05, 3.63) is 29.3 Å². The lowest BCUT2D eigenvalue weighted by molar-refractivity contribution is -0.143. The van der Waals surface area contributed by atoms with Crippen molar-refractivity contribution in [2.45, 2.75) is 78.4 Å². The Morgan fingerprint density at radius 2 is 1.88 bits per heavy atom. The van der Waals surface area contributed by atoms with Crippen molar-refractivity contribution in [2.75, 3.05) is 6.61 Å². The van der Waals surface area contributed by atoms with Crippen LogP contribution in [0.4, 0.5) is 0 Å². The minimum absolute atomic E-state index is 0.132. The first-order chi connectivity index (χ1) is 11.6. The number of aryl methyl sites for hydroxylation is 1. The first-order valence-electron chi connectivity index (χ1n) is 9.24. The third-order valence-electron chi connectivity index (χ3n) is 4.92. The van der Waals surface area contributed by atoms with Gasteiger partial charge in [-0.05, 0) is 70.5 Å². The lowest BCUT2D eigenvalue weighted by Crippen LogP contribution is -2.49. The summed E-state index contributed by atoms with van der Waals surface area (Å²) in [4.78, 5) is 11.5. The van der Waals surface area contributed by atoms with Crippen LogP contribution in [0.3, 0.4) is 0 Å². The number of benzene rings is 1. The Balaban J connectivity index is 2.78. The zero-order valence-electron chi connectivity index (χ0n) is 16.6. The Labute approximate surface area is 153 Å². The maximum Gasteiger partial charge on any atom is 0.309 e. The summed E-state index contributed by atoms with van der Waals surface area (Å²) in [5.41, 5.74) is 2.12. The molecule has 0 aliphatic rings. The number of carbonyl (C=O) groups excluding carboxylic acids is 1. The van der Waals surface area contributed by atoms with E-state index in [0.29, 0.717) is 20.5 Å². The van der Waals surface area contributed by atoms with E-state index >= 15 is 0 Å². The molecule has 4 nitrogen and oxygen atoms in total. The number of esters is 1. The summed E-state index contributed by atoms with van der Waals surface area (Å²) in [5.74, 6) is -0.132. The van der Waals surface area contributed by atoms with Gasteiger partial charge in [-0.1, -0.05) is 25.1 Å². The largest absolute Gasteiger partial charge is 0.466 e. The predicted octanol–water partition coefficient (Wildman–Crippen LogP) is 2.68. The van der Waals surface area contributed by atoms with Gasteiger partial charge in [-0.15, -0.1) is 0 Å². The third-order valence-corrected chi connectivity index (χ3v) is 4.92. The maximum absolute atomic E-state index is 11.5. The number of carbonyl (C=O) groups is 1. The van der Waals surface area contributed by atoms with Crippen LogP contribution in [0.1, 0.15) is 65.5 Å². The van der Waals surface area contributed by atoms with Crippen LogP contribution in [0, 0.1) is 0 Å². The highest BCUT2D eigenvalue weighted by atomic mass is 16.5. The molecule has 5 heteroatoms. The fraction of sp³-hybridized carbons (Fsp3) is 0.650. The van der Waals surface area contributed by atoms with E-state index < -0.39 is 11.2 Å². The van der Waals surface area contributed by atoms with Gasteiger partial charge in [0.15, 0.2) is 0 Å². The normalized spacial score (nSPS) is 12.1. The SMILES string of the molecule is CCOC(=O)CCCc1cccc(BOC(C)(C)C(C)(C)O)c1CC. The molecule has 0 aliphatic heterocycles. The molecule has 0 spiro atoms. The Morgan fingerprint density at radius 3 is 2.44 bits per heavy atom. The van der Waals surface area contributed by atoms with E-state index in [1.165, 1.54) is 11.1 Å². The third kappa shape index (κ3) is 6.48. The van der Waals surface area contributed by atoms with Gasteiger partial charge in [0, 0.05) is 6.42 Å². The Hall–Kier alpha value is -1.33. The van der Waals surface area contributed by atoms with E-state index in [0.717, 1.165) is 24.7 Å². The van der Waals surface area contributed by atoms with E-state index in [1.807, 2.05) is 26.8 Å². The molecule has 0 heterocycles. The standard InChI is InChI=1S/C20H33BO4/c1-7-16-15(12-10-14-18(22)24-8-2)11-9-13-17(16)21-25-20(5,6)19(3,4)23/h9,11,13,21,23H,7-8,10,12,14H2,1-6H3. The second kappa shape index (κ2) is 9.39. The molecule has 1 N–H and O–H groups in total. The van der Waals surface area contributed by atoms with E-state index in [4.69, 9.17) is 9.39 Å². The summed E-state index contributed by atoms with van der Waals surface area (Å²) in [6, 6.07) is 6.23. The molecule has 1 aromatic carbocycles. The molecule has 1 rings (SSSR count). The molecule has 0 unspecified atom stereocenters. The molecular weight excluding hydrogens is 315 g/mol. The topological polar surface area (TPSA) is 55.8 Å². The molecule has 0 atom stereocenters. The van der Waals surface area contributed by atoms with Crippen LogP contribution in [-0.4, -0.2) is 36.4 Å². The van der Waals surface area contributed by atoms with Crippen molar-refractivity contribution in [3.63, 3.8) is 0 Å². The minimum atomic E-state index is -0.920. The van der Waals surface area contributed by atoms with E-state index in [9.17, 15) is 9.90 Å². The van der Waals surface area contributed by atoms with Crippen molar-refractivity contribution in [3.8, 4) is 0 Å². The van der Waals surface area contributed by atoms with Gasteiger partial charge < -0.3 is 14.5 Å². The van der Waals surface area contributed by atoms with Crippen LogP contribution < -0.4 is 5.46 Å². The van der Waals surface area contributed by atoms with E-state index in [-0.39, 0.29) is 5.97 Å². The van der Waals surface area contributed by atoms with Crippen LogP contribution in [-0.2, 0) is 27.0 Å². The van der Waals surface area contributed by atoms with Gasteiger partial charge in [0.1, 0.15) is 0 Å². The zero-order valence-corrected chi connectivity index (χ0v) is 16.6. The van der Waals surface area contributed by atoms with Gasteiger partial charge in [0.25, 0.3) is 0 Å². The van der Waals surface area contributed by atoms with Gasteiger partial charge in [-0.25, -0.2) is 0 Å². The lowest BCUT2D eigenvalue weighted by atomic mass is 9.78. The van der Waals surface area contributed by atoms with Gasteiger partial charge in [0.2, 0.25) is 0 Å². The average Bonchev–Trinajstić information content (AvgIpc) is 2.52. The van der Waals surface area contributed by atoms with Crippen LogP contribution in [0.15, 0.2) is 18.2 Å². The van der Waals surface area contributed by atoms with Crippen LogP contribution in [0.2, 0.25) is 0 Å². The smallest absolute Gasteiger partial charge is 0.309 e. The number of hydrogen-bond acceptors (Lipinski definition) is 4. The molecule has 0 saturated carbocycles. The van der Waals surface area contributed by atoms with E-state index in [2.05, 4.69) is 19.1 Å². The molecule has 140 valence electrons. The minimum Gasteiger partial charge on any atom is -0.466 e. The van der Waals surface area contributed by atoms with Crippen molar-refractivity contribution >= 4 is 18.9 Å². The first-order valence-corrected chi connectivity index (χ1v) is 9.24. The van der Waals surface area contributed by atoms with Crippen LogP contribution in [0.5, 0.6) is 0 Å². The van der Waals surface area contributed by atoms with Gasteiger partial charge in [-0.2, -0.15) is 0 Å². The molecule has 0 bridgehead atoms. The molecule has 0 fully saturated rings. The Bertz CT molecular complexity index is 561. The Kier molecular flexibility index (Phi) is 8.16. The Morgan fingerprint density at radius 1 is 1.20 bits per heavy atom. The van der Waals surface area contributed by atoms with Crippen molar-refractivity contribution in [1.82, 2.24) is 0 Å². The fourth-order valence-corrected chi connectivity index (χ4v) is 2.60. The van der Waals surface area contributed by atoms with Crippen molar-refractivity contribution in [2.24, 2.45) is 0 Å². The molecule has 1 aromatic rings. The quantitative estimate of drug-likeness (QED) is 0.522. The summed E-state index contributed by atoms with van der Waals surface area (Å²) in [6.07, 6.45) is 3.00. The first kappa shape index (κ1) is 21.7. The van der Waals surface area contributed by atoms with Gasteiger partial charge in [0.05, 0.1) is 17.8 Å². The van der Waals surface area contributed by atoms with E-state index in [1.54, 1.807) is 13.8 Å². The van der Waals surface area contributed by atoms with Crippen molar-refractivity contribution in [1.29, 1.82) is 0 Å². The fourth-order valence-electron chi connectivity index (χ4n) is 2.60. The highest BCUT2D eigenvalue weighted by Gasteiger charge is 2.35. The summed E-state index contributed by atoms with van der Waals surface area (Å²) < 4.78 is 11.0. The maximum atomic E-state index is 11.5. The second-order valence-electron chi connectivity index (χ2n) is 7.42. The van der Waals surface area contributed by atoms with Gasteiger partial charge in [-0.3, -0.25) is 4.79 Å². The van der Waals surface area contributed by atoms with Crippen molar-refractivity contribution < 1.29 is 19.3 Å². The highest BCUT2D eigenvalue weighted by molar-refractivity contribution is 6.47. The number of aliphatic hydroxyl groups is 1. The molecule has 0 saturated heterocycles. The van der Waals surface area contributed by atoms with Crippen LogP contribution in [0.25, 0.3) is 0 Å². The molecule has 25 heavy (non-hydrogen) atoms. The number of hydrogen-bond donors (Lipinski definition) is 1. The number of ether oxygens (including phenoxy) is 1. The molecule has 0 aliphatic carbocycles. The van der Waals surface area contributed by atoms with Crippen LogP contribution >= 0.6 is 0 Å². The highest BCUT2D eigenvalue weighted by Crippen LogP contribution is 2.24. The molecule has 0 aromatic heterocycles. The zero-order chi connectivity index (χ0) is 19.1.